The number of azide groups is 2. The highest BCUT2D eigenvalue weighted by Crippen LogP contribution is 2.74. The number of nitrogens with one attached hydrogen (secondary N) is 2. The van der Waals surface area contributed by atoms with Gasteiger partial charge in [0.15, 0.2) is 0 Å². The van der Waals surface area contributed by atoms with Gasteiger partial charge in [0.1, 0.15) is 12.2 Å². The Hall–Kier alpha value is -6.00. The van der Waals surface area contributed by atoms with Gasteiger partial charge in [-0.25, -0.2) is 9.59 Å². The van der Waals surface area contributed by atoms with Crippen LogP contribution in [-0.4, -0.2) is 138 Å². The molecule has 16 saturated carbocycles. The van der Waals surface area contributed by atoms with Gasteiger partial charge < -0.3 is 60.7 Å². The predicted octanol–water partition coefficient (Wildman–Crippen LogP) is 24.4. The summed E-state index contributed by atoms with van der Waals surface area (Å²) in [5.74, 6) is 22.6. The van der Waals surface area contributed by atoms with Gasteiger partial charge in [-0.2, -0.15) is 0 Å². The summed E-state index contributed by atoms with van der Waals surface area (Å²) in [6.07, 6.45) is 61.7. The molecule has 36 atom stereocenters. The highest BCUT2D eigenvalue weighted by molar-refractivity contribution is 5.70. The van der Waals surface area contributed by atoms with E-state index in [1.54, 1.807) is 0 Å². The lowest BCUT2D eigenvalue weighted by atomic mass is 9.44. The Morgan fingerprint density at radius 3 is 0.920 bits per heavy atom. The van der Waals surface area contributed by atoms with Crippen molar-refractivity contribution in [3.63, 3.8) is 0 Å². The third-order valence-electron chi connectivity index (χ3n) is 44.0. The van der Waals surface area contributed by atoms with E-state index >= 15 is 0 Å². The van der Waals surface area contributed by atoms with Gasteiger partial charge in [0.25, 0.3) is 0 Å². The summed E-state index contributed by atoms with van der Waals surface area (Å²) in [5, 5.41) is 32.6. The molecular formula is C114H190N10O14. The van der Waals surface area contributed by atoms with Gasteiger partial charge in [0, 0.05) is 55.1 Å². The topological polar surface area (TPSA) is 372 Å². The monoisotopic (exact) mass is 1920 g/mol. The fourth-order valence-corrected chi connectivity index (χ4v) is 36.7. The number of aliphatic hydroxyl groups excluding tert-OH is 2. The van der Waals surface area contributed by atoms with Gasteiger partial charge >= 0.3 is 36.1 Å². The number of ether oxygens (including phenoxy) is 6. The molecule has 0 radical (unpaired) electrons. The van der Waals surface area contributed by atoms with Crippen LogP contribution < -0.4 is 22.1 Å². The third-order valence-corrected chi connectivity index (χ3v) is 44.0. The molecule has 16 rings (SSSR count). The van der Waals surface area contributed by atoms with Gasteiger partial charge in [0.05, 0.1) is 53.7 Å². The summed E-state index contributed by atoms with van der Waals surface area (Å²) in [5.41, 5.74) is 29.3. The molecular weight excluding hydrogens is 1730 g/mol. The van der Waals surface area contributed by atoms with Crippen molar-refractivity contribution in [3.05, 3.63) is 20.9 Å². The van der Waals surface area contributed by atoms with E-state index in [2.05, 4.69) is 132 Å². The molecule has 0 heterocycles. The van der Waals surface area contributed by atoms with Crippen molar-refractivity contribution in [2.24, 2.45) is 207 Å². The summed E-state index contributed by atoms with van der Waals surface area (Å²) in [7, 11) is 5.99. The number of rotatable bonds is 26. The molecule has 2 amide bonds. The van der Waals surface area contributed by atoms with Crippen LogP contribution in [0.5, 0.6) is 0 Å². The van der Waals surface area contributed by atoms with E-state index in [9.17, 15) is 39.0 Å². The highest BCUT2D eigenvalue weighted by atomic mass is 16.6. The molecule has 16 aliphatic rings. The van der Waals surface area contributed by atoms with E-state index in [1.807, 2.05) is 0 Å². The maximum absolute atomic E-state index is 12.3. The summed E-state index contributed by atoms with van der Waals surface area (Å²) < 4.78 is 31.1. The molecule has 0 aromatic heterocycles. The number of hydrogen-bond donors (Lipinski definition) is 6. The van der Waals surface area contributed by atoms with E-state index in [-0.39, 0.29) is 67.0 Å². The molecule has 8 N–H and O–H groups in total. The molecule has 0 aromatic carbocycles. The first kappa shape index (κ1) is 112. The Labute approximate surface area is 832 Å². The average Bonchev–Trinajstić information content (AvgIpc) is 1.72. The zero-order valence-corrected chi connectivity index (χ0v) is 88.7. The first-order valence-corrected chi connectivity index (χ1v) is 55.7. The number of hydrogen-bond acceptors (Lipinski definition) is 18. The van der Waals surface area contributed by atoms with Crippen molar-refractivity contribution < 1.29 is 67.4 Å². The van der Waals surface area contributed by atoms with Crippen molar-refractivity contribution in [1.29, 1.82) is 0 Å². The van der Waals surface area contributed by atoms with Crippen LogP contribution in [0.15, 0.2) is 10.2 Å². The maximum atomic E-state index is 12.3. The molecule has 0 aromatic rings. The van der Waals surface area contributed by atoms with Crippen LogP contribution in [0.4, 0.5) is 9.59 Å². The number of carbonyl (C=O) groups is 6. The number of esters is 4. The van der Waals surface area contributed by atoms with Gasteiger partial charge in [-0.3, -0.25) is 19.2 Å². The van der Waals surface area contributed by atoms with Crippen LogP contribution in [0.3, 0.4) is 0 Å². The molecule has 16 unspecified atom stereocenters. The molecule has 24 heteroatoms. The van der Waals surface area contributed by atoms with E-state index < -0.39 is 0 Å². The summed E-state index contributed by atoms with van der Waals surface area (Å²) in [6, 6.07) is 0. The number of alkyl carbamates (subject to hydrolysis) is 2. The van der Waals surface area contributed by atoms with Gasteiger partial charge in [-0.1, -0.05) is 105 Å². The number of carbonyl (C=O) groups excluding carboxylic acids is 6. The predicted molar refractivity (Wildman–Crippen MR) is 544 cm³/mol. The Bertz CT molecular complexity index is 4050. The van der Waals surface area contributed by atoms with E-state index in [0.29, 0.717) is 150 Å². The summed E-state index contributed by atoms with van der Waals surface area (Å²) in [4.78, 5) is 76.3. The van der Waals surface area contributed by atoms with Crippen molar-refractivity contribution in [1.82, 2.24) is 10.6 Å². The van der Waals surface area contributed by atoms with E-state index in [4.69, 9.17) is 57.4 Å². The molecule has 24 nitrogen and oxygen atoms in total. The molecule has 780 valence electrons. The first-order valence-electron chi connectivity index (χ1n) is 55.7. The molecule has 0 spiro atoms. The molecule has 0 saturated heterocycles. The molecule has 138 heavy (non-hydrogen) atoms. The molecule has 16 fully saturated rings. The minimum atomic E-state index is -0.369. The lowest BCUT2D eigenvalue weighted by Gasteiger charge is -2.61. The maximum Gasteiger partial charge on any atom is 0.408 e. The number of aliphatic hydroxyl groups is 2. The normalized spacial score (nSPS) is 41.2. The fourth-order valence-electron chi connectivity index (χ4n) is 36.7. The molecule has 16 aliphatic carbocycles. The largest absolute Gasteiger partial charge is 0.469 e. The van der Waals surface area contributed by atoms with E-state index in [0.717, 1.165) is 197 Å². The van der Waals surface area contributed by atoms with Crippen molar-refractivity contribution in [2.75, 3.05) is 67.7 Å². The Morgan fingerprint density at radius 1 is 0.377 bits per heavy atom. The minimum Gasteiger partial charge on any atom is -0.469 e. The number of terminal acetylenes is 2. The SMILES string of the molecule is C#CCN.C#CCNC(=O)O[C@@H]1CC[C@@]2(C)C(CCC3C2CC[C@@]2(C)C3CC[C@@H]2[C@H](C)CCC(=O)OC)C1.COC(=O)CC[C@@H](C)[C@H]1CCC2C3CCC4C[C@H](O)CC[C@]4(C)C3CC[C@@]21C.COC(=O)CC[C@@H](C)[C@H]1CCC2C3CCC4C[C@H](O)CC[C@]4(C)C3CC[C@@]21C.COC(=O)CC[C@@H](C)[C@H]1CCC2C3CCC4C[C@H](OC(=O)NCCCN=[N+]=[N-])CC[C@]4(C)C3CC[C@@]21C.[N-]=[N+]=NCCCN. The van der Waals surface area contributed by atoms with Gasteiger partial charge in [0.2, 0.25) is 0 Å². The lowest BCUT2D eigenvalue weighted by Crippen LogP contribution is -2.54. The van der Waals surface area contributed by atoms with Crippen LogP contribution >= 0.6 is 0 Å². The Balaban J connectivity index is 0.000000171. The van der Waals surface area contributed by atoms with Crippen LogP contribution in [0.2, 0.25) is 0 Å². The van der Waals surface area contributed by atoms with Crippen molar-refractivity contribution in [2.45, 2.75) is 403 Å². The first-order chi connectivity index (χ1) is 65.9. The molecule has 0 aliphatic heterocycles. The number of methoxy groups -OCH3 is 4. The van der Waals surface area contributed by atoms with Crippen molar-refractivity contribution >= 4 is 36.1 Å². The van der Waals surface area contributed by atoms with Crippen molar-refractivity contribution in [3.8, 4) is 24.7 Å². The second-order valence-corrected chi connectivity index (χ2v) is 49.7. The number of nitrogens with two attached hydrogens (primary N) is 2. The van der Waals surface area contributed by atoms with Crippen LogP contribution in [0.25, 0.3) is 20.9 Å². The Morgan fingerprint density at radius 2 is 0.645 bits per heavy atom. The average molecular weight is 1920 g/mol. The van der Waals surface area contributed by atoms with Gasteiger partial charge in [-0.15, -0.1) is 12.8 Å². The zero-order valence-electron chi connectivity index (χ0n) is 88.7. The second kappa shape index (κ2) is 50.2. The summed E-state index contributed by atoms with van der Waals surface area (Å²) in [6.45, 7) is 32.6. The lowest BCUT2D eigenvalue weighted by molar-refractivity contribution is -0.142. The number of fused-ring (bicyclic) bond motifs is 20. The van der Waals surface area contributed by atoms with Crippen LogP contribution in [0, 0.1) is 210 Å². The number of amides is 2. The standard InChI is InChI=1S/C29H48N4O4.C29H45NO4.2C25H42O3.C3H8N4.C3H5N/c1-19(6-11-26(34)36-4)23-9-10-24-22-8-7-20-18-21(37-27(35)31-16-5-17-32-33-30)12-14-28(20,2)25(22)13-15-29(23,24)3;1-6-17-30-27(32)34-21-13-15-28(3)20(18-21)8-9-22-24-11-10-23(19(2)7-12-26(31)33-5)29(24,4)16-14-25(22)28;2*1-16(5-10-23(27)28-4)20-8-9-21-19-7-6-17-15-18(26)11-13-24(17,2)22(19)12-14-25(20,21)3;4-2-1-3-6-7-5;1-2-3-4/h19-25H,5-18H2,1-4H3,(H,31,35);1,19-25H,7-18H2,2-5H3,(H,30,32);2*16-22,26H,5-15H2,1-4H3;1-4H2;1H,3-4H2/t2*19-,20?,21-,22?,23-,24?,25?,28+,29-;2*16-,17?,18-,19?,20-,21?,22?,24+,25-;;/m1111../s1. The quantitative estimate of drug-likeness (QED) is 0.00891. The highest BCUT2D eigenvalue weighted by Gasteiger charge is 2.67. The van der Waals surface area contributed by atoms with Crippen LogP contribution in [0.1, 0.15) is 378 Å². The smallest absolute Gasteiger partial charge is 0.408 e. The molecule has 0 bridgehead atoms. The fraction of sp³-hybridized carbons (Fsp3) is 0.912. The van der Waals surface area contributed by atoms with Crippen LogP contribution in [-0.2, 0) is 47.6 Å². The van der Waals surface area contributed by atoms with Gasteiger partial charge in [-0.05, 0) is 473 Å². The minimum absolute atomic E-state index is 0.00660. The summed E-state index contributed by atoms with van der Waals surface area (Å²) >= 11 is 0. The Kier molecular flexibility index (Phi) is 40.9. The zero-order chi connectivity index (χ0) is 100. The van der Waals surface area contributed by atoms with E-state index in [1.165, 1.54) is 195 Å². The number of nitrogens with zero attached hydrogens (tertiary/aromatic N) is 6. The second-order valence-electron chi connectivity index (χ2n) is 49.7. The third kappa shape index (κ3) is 25.0.